The van der Waals surface area contributed by atoms with Crippen LogP contribution in [-0.4, -0.2) is 60.7 Å². The van der Waals surface area contributed by atoms with Gasteiger partial charge in [0.05, 0.1) is 13.2 Å². The number of nitrogens with one attached hydrogen (secondary N) is 1. The minimum Gasteiger partial charge on any atom is -0.396 e. The summed E-state index contributed by atoms with van der Waals surface area (Å²) in [5, 5.41) is 19.6. The molecular weight excluding hydrogens is 241 g/mol. The number of alkyl halides is 3. The molecule has 0 aliphatic rings. The van der Waals surface area contributed by atoms with Crippen molar-refractivity contribution in [1.82, 2.24) is 10.2 Å². The molecule has 0 fully saturated rings. The van der Waals surface area contributed by atoms with E-state index in [1.54, 1.807) is 5.32 Å². The molecule has 2 amide bonds. The first-order valence-corrected chi connectivity index (χ1v) is 4.91. The first kappa shape index (κ1) is 16.0. The van der Waals surface area contributed by atoms with Crippen molar-refractivity contribution in [2.24, 2.45) is 5.41 Å². The lowest BCUT2D eigenvalue weighted by atomic mass is 9.92. The second kappa shape index (κ2) is 6.06. The third-order valence-corrected chi connectivity index (χ3v) is 2.17. The average molecular weight is 258 g/mol. The van der Waals surface area contributed by atoms with Crippen molar-refractivity contribution in [3.8, 4) is 0 Å². The van der Waals surface area contributed by atoms with E-state index < -0.39 is 24.2 Å². The van der Waals surface area contributed by atoms with E-state index in [1.807, 2.05) is 0 Å². The Morgan fingerprint density at radius 2 is 1.76 bits per heavy atom. The van der Waals surface area contributed by atoms with Gasteiger partial charge >= 0.3 is 12.2 Å². The van der Waals surface area contributed by atoms with Gasteiger partial charge in [0, 0.05) is 19.0 Å². The third-order valence-electron chi connectivity index (χ3n) is 2.17. The average Bonchev–Trinajstić information content (AvgIpc) is 2.24. The van der Waals surface area contributed by atoms with Gasteiger partial charge in [-0.25, -0.2) is 4.79 Å². The number of amides is 2. The predicted octanol–water partition coefficient (Wildman–Crippen LogP) is 0.181. The molecule has 0 aromatic rings. The van der Waals surface area contributed by atoms with Crippen LogP contribution in [0.3, 0.4) is 0 Å². The highest BCUT2D eigenvalue weighted by Gasteiger charge is 2.30. The Labute approximate surface area is 97.2 Å². The van der Waals surface area contributed by atoms with Crippen LogP contribution < -0.4 is 5.32 Å². The largest absolute Gasteiger partial charge is 0.405 e. The van der Waals surface area contributed by atoms with Crippen LogP contribution in [0.5, 0.6) is 0 Å². The van der Waals surface area contributed by atoms with Crippen molar-refractivity contribution in [1.29, 1.82) is 0 Å². The summed E-state index contributed by atoms with van der Waals surface area (Å²) in [4.78, 5) is 12.2. The molecule has 5 nitrogen and oxygen atoms in total. The number of carbonyl (C=O) groups excluding carboxylic acids is 1. The predicted molar refractivity (Wildman–Crippen MR) is 54.4 cm³/mol. The van der Waals surface area contributed by atoms with E-state index in [1.165, 1.54) is 14.0 Å². The van der Waals surface area contributed by atoms with Crippen LogP contribution in [-0.2, 0) is 0 Å². The summed E-state index contributed by atoms with van der Waals surface area (Å²) in [6.45, 7) is -0.698. The quantitative estimate of drug-likeness (QED) is 0.658. The van der Waals surface area contributed by atoms with Crippen LogP contribution in [0.1, 0.15) is 6.92 Å². The van der Waals surface area contributed by atoms with Crippen LogP contribution in [0.4, 0.5) is 18.0 Å². The molecule has 0 rings (SSSR count). The van der Waals surface area contributed by atoms with Crippen molar-refractivity contribution >= 4 is 6.03 Å². The Bertz CT molecular complexity index is 254. The van der Waals surface area contributed by atoms with E-state index in [4.69, 9.17) is 10.2 Å². The Balaban J connectivity index is 4.23. The van der Waals surface area contributed by atoms with Crippen LogP contribution >= 0.6 is 0 Å². The number of carbonyl (C=O) groups is 1. The minimum absolute atomic E-state index is 0.0519. The summed E-state index contributed by atoms with van der Waals surface area (Å²) in [6, 6.07) is -0.907. The van der Waals surface area contributed by atoms with Gasteiger partial charge in [0.25, 0.3) is 0 Å². The van der Waals surface area contributed by atoms with Gasteiger partial charge in [-0.15, -0.1) is 0 Å². The molecule has 0 saturated carbocycles. The third kappa shape index (κ3) is 6.32. The lowest BCUT2D eigenvalue weighted by molar-refractivity contribution is -0.123. The van der Waals surface area contributed by atoms with Gasteiger partial charge in [0.15, 0.2) is 0 Å². The van der Waals surface area contributed by atoms with Gasteiger partial charge in [0.2, 0.25) is 0 Å². The molecule has 0 aromatic heterocycles. The molecule has 0 aliphatic heterocycles. The molecule has 0 heterocycles. The summed E-state index contributed by atoms with van der Waals surface area (Å²) >= 11 is 0. The number of hydrogen-bond acceptors (Lipinski definition) is 3. The maximum atomic E-state index is 11.8. The SMILES string of the molecule is CN(CC(C)(CO)CO)C(=O)NCC(F)(F)F. The van der Waals surface area contributed by atoms with Gasteiger partial charge in [-0.2, -0.15) is 13.2 Å². The summed E-state index contributed by atoms with van der Waals surface area (Å²) in [5.41, 5.74) is -0.940. The molecule has 0 aliphatic carbocycles. The fourth-order valence-electron chi connectivity index (χ4n) is 1.11. The molecule has 3 N–H and O–H groups in total. The van der Waals surface area contributed by atoms with Crippen molar-refractivity contribution in [2.75, 3.05) is 33.4 Å². The highest BCUT2D eigenvalue weighted by atomic mass is 19.4. The van der Waals surface area contributed by atoms with E-state index >= 15 is 0 Å². The van der Waals surface area contributed by atoms with Crippen molar-refractivity contribution < 1.29 is 28.2 Å². The lowest BCUT2D eigenvalue weighted by Gasteiger charge is -2.30. The molecule has 0 saturated heterocycles. The fourth-order valence-corrected chi connectivity index (χ4v) is 1.11. The van der Waals surface area contributed by atoms with Gasteiger partial charge in [-0.1, -0.05) is 6.92 Å². The van der Waals surface area contributed by atoms with Crippen LogP contribution in [0, 0.1) is 5.41 Å². The van der Waals surface area contributed by atoms with Gasteiger partial charge in [-0.05, 0) is 0 Å². The Kier molecular flexibility index (Phi) is 5.70. The number of aliphatic hydroxyl groups excluding tert-OH is 2. The second-order valence-electron chi connectivity index (χ2n) is 4.26. The summed E-state index contributed by atoms with van der Waals surface area (Å²) in [5.74, 6) is 0. The highest BCUT2D eigenvalue weighted by Crippen LogP contribution is 2.16. The zero-order valence-electron chi connectivity index (χ0n) is 9.71. The normalized spacial score (nSPS) is 12.4. The lowest BCUT2D eigenvalue weighted by Crippen LogP contribution is -2.47. The van der Waals surface area contributed by atoms with Gasteiger partial charge in [0.1, 0.15) is 6.54 Å². The first-order chi connectivity index (χ1) is 7.63. The van der Waals surface area contributed by atoms with Gasteiger partial charge < -0.3 is 20.4 Å². The number of nitrogens with zero attached hydrogens (tertiary/aromatic N) is 1. The molecule has 0 aromatic carbocycles. The van der Waals surface area contributed by atoms with E-state index in [9.17, 15) is 18.0 Å². The Hall–Kier alpha value is -1.02. The molecule has 0 bridgehead atoms. The topological polar surface area (TPSA) is 72.8 Å². The van der Waals surface area contributed by atoms with E-state index in [2.05, 4.69) is 0 Å². The number of hydrogen-bond donors (Lipinski definition) is 3. The molecule has 0 unspecified atom stereocenters. The molecule has 102 valence electrons. The van der Waals surface area contributed by atoms with Crippen molar-refractivity contribution in [3.05, 3.63) is 0 Å². The maximum Gasteiger partial charge on any atom is 0.405 e. The fraction of sp³-hybridized carbons (Fsp3) is 0.889. The van der Waals surface area contributed by atoms with E-state index in [0.29, 0.717) is 0 Å². The Morgan fingerprint density at radius 3 is 2.12 bits per heavy atom. The molecule has 17 heavy (non-hydrogen) atoms. The highest BCUT2D eigenvalue weighted by molar-refractivity contribution is 5.73. The van der Waals surface area contributed by atoms with Crippen molar-refractivity contribution in [3.63, 3.8) is 0 Å². The van der Waals surface area contributed by atoms with Crippen molar-refractivity contribution in [2.45, 2.75) is 13.1 Å². The Morgan fingerprint density at radius 1 is 1.29 bits per heavy atom. The minimum atomic E-state index is -4.46. The molecular formula is C9H17F3N2O3. The standard InChI is InChI=1S/C9H17F3N2O3/c1-8(5-15,6-16)4-14(2)7(17)13-3-9(10,11)12/h15-16H,3-6H2,1-2H3,(H,13,17). The first-order valence-electron chi connectivity index (χ1n) is 4.91. The molecule has 0 spiro atoms. The number of urea groups is 1. The monoisotopic (exact) mass is 258 g/mol. The number of aliphatic hydroxyl groups is 2. The zero-order valence-corrected chi connectivity index (χ0v) is 9.71. The number of halogens is 3. The molecule has 8 heteroatoms. The summed E-state index contributed by atoms with van der Waals surface area (Å²) < 4.78 is 35.5. The smallest absolute Gasteiger partial charge is 0.396 e. The van der Waals surface area contributed by atoms with E-state index in [0.717, 1.165) is 4.90 Å². The molecule has 0 radical (unpaired) electrons. The van der Waals surface area contributed by atoms with Gasteiger partial charge in [-0.3, -0.25) is 0 Å². The second-order valence-corrected chi connectivity index (χ2v) is 4.26. The van der Waals surface area contributed by atoms with Crippen LogP contribution in [0.15, 0.2) is 0 Å². The maximum absolute atomic E-state index is 11.8. The summed E-state index contributed by atoms with van der Waals surface area (Å²) in [6.07, 6.45) is -4.46. The van der Waals surface area contributed by atoms with E-state index in [-0.39, 0.29) is 19.8 Å². The summed E-state index contributed by atoms with van der Waals surface area (Å²) in [7, 11) is 1.29. The zero-order chi connectivity index (χ0) is 13.7. The van der Waals surface area contributed by atoms with Crippen LogP contribution in [0.2, 0.25) is 0 Å². The molecule has 0 atom stereocenters. The number of rotatable bonds is 5. The van der Waals surface area contributed by atoms with Crippen LogP contribution in [0.25, 0.3) is 0 Å².